The van der Waals surface area contributed by atoms with Crippen molar-refractivity contribution in [2.45, 2.75) is 37.2 Å². The Balaban J connectivity index is 1.90. The number of hydrogen-bond donors (Lipinski definition) is 0. The van der Waals surface area contributed by atoms with Gasteiger partial charge in [-0.25, -0.2) is 4.39 Å². The third-order valence-electron chi connectivity index (χ3n) is 3.65. The van der Waals surface area contributed by atoms with Gasteiger partial charge in [-0.05, 0) is 43.4 Å². The van der Waals surface area contributed by atoms with Crippen molar-refractivity contribution in [3.05, 3.63) is 0 Å². The van der Waals surface area contributed by atoms with E-state index in [1.807, 2.05) is 9.80 Å². The number of halogens is 1. The molecule has 4 nitrogen and oxygen atoms in total. The molecule has 0 radical (unpaired) electrons. The number of piperidine rings is 1. The van der Waals surface area contributed by atoms with E-state index in [0.29, 0.717) is 26.1 Å². The molecule has 3 atom stereocenters. The van der Waals surface area contributed by atoms with Crippen molar-refractivity contribution in [3.8, 4) is 0 Å². The Morgan fingerprint density at radius 2 is 2.00 bits per heavy atom. The molecule has 2 aliphatic heterocycles. The van der Waals surface area contributed by atoms with Crippen molar-refractivity contribution in [2.24, 2.45) is 0 Å². The maximum absolute atomic E-state index is 13.1. The molecule has 0 saturated carbocycles. The lowest BCUT2D eigenvalue weighted by Gasteiger charge is -2.37. The second-order valence-electron chi connectivity index (χ2n) is 4.96. The molecule has 2 saturated heterocycles. The van der Waals surface area contributed by atoms with E-state index in [-0.39, 0.29) is 0 Å². The number of nitrogens with zero attached hydrogens (tertiary/aromatic N) is 2. The highest BCUT2D eigenvalue weighted by molar-refractivity contribution is 7.79. The van der Waals surface area contributed by atoms with Crippen LogP contribution in [0.25, 0.3) is 0 Å². The van der Waals surface area contributed by atoms with Crippen molar-refractivity contribution in [2.75, 3.05) is 32.7 Å². The predicted octanol–water partition coefficient (Wildman–Crippen LogP) is 0.721. The minimum atomic E-state index is -2.10. The Labute approximate surface area is 104 Å². The van der Waals surface area contributed by atoms with Crippen molar-refractivity contribution in [1.29, 1.82) is 0 Å². The Morgan fingerprint density at radius 3 is 2.53 bits per heavy atom. The van der Waals surface area contributed by atoms with Gasteiger partial charge in [0.05, 0.1) is 5.37 Å². The average Bonchev–Trinajstić information content (AvgIpc) is 2.73. The first kappa shape index (κ1) is 13.4. The smallest absolute Gasteiger partial charge is 0.114 e. The molecule has 0 aromatic carbocycles. The molecule has 0 aromatic rings. The number of alkyl halides is 1. The Bertz CT molecular complexity index is 274. The molecule has 2 aliphatic rings. The van der Waals surface area contributed by atoms with Crippen LogP contribution in [0.15, 0.2) is 0 Å². The summed E-state index contributed by atoms with van der Waals surface area (Å²) in [6.07, 6.45) is 3.08. The summed E-state index contributed by atoms with van der Waals surface area (Å²) in [7, 11) is 0. The third-order valence-corrected chi connectivity index (χ3v) is 4.54. The lowest BCUT2D eigenvalue weighted by Crippen LogP contribution is -2.48. The van der Waals surface area contributed by atoms with E-state index in [1.54, 1.807) is 0 Å². The standard InChI is InChI=1S/C11H21FN2O2S/c12-10-4-7-13(8-10)9-11(17(15)16)14-5-2-1-3-6-14/h10-11H,1-9H2,(H,15,16)/p-1/t10-,11?/m0/s1. The van der Waals surface area contributed by atoms with Gasteiger partial charge in [-0.1, -0.05) is 6.42 Å². The lowest BCUT2D eigenvalue weighted by atomic mass is 10.1. The van der Waals surface area contributed by atoms with Crippen LogP contribution in [0.2, 0.25) is 0 Å². The van der Waals surface area contributed by atoms with E-state index in [2.05, 4.69) is 0 Å². The van der Waals surface area contributed by atoms with Gasteiger partial charge in [0, 0.05) is 19.6 Å². The molecule has 2 rings (SSSR count). The summed E-state index contributed by atoms with van der Waals surface area (Å²) < 4.78 is 35.7. The number of hydrogen-bond acceptors (Lipinski definition) is 4. The van der Waals surface area contributed by atoms with E-state index >= 15 is 0 Å². The summed E-state index contributed by atoms with van der Waals surface area (Å²) in [6, 6.07) is 0. The Morgan fingerprint density at radius 1 is 1.29 bits per heavy atom. The zero-order valence-corrected chi connectivity index (χ0v) is 10.8. The molecule has 0 bridgehead atoms. The molecular weight excluding hydrogens is 243 g/mol. The molecule has 0 amide bonds. The summed E-state index contributed by atoms with van der Waals surface area (Å²) in [5.74, 6) is 0. The van der Waals surface area contributed by atoms with Crippen molar-refractivity contribution < 1.29 is 13.2 Å². The average molecular weight is 263 g/mol. The number of rotatable bonds is 4. The molecule has 0 spiro atoms. The summed E-state index contributed by atoms with van der Waals surface area (Å²) >= 11 is -2.10. The van der Waals surface area contributed by atoms with E-state index in [0.717, 1.165) is 25.9 Å². The Hall–Kier alpha value is -0.0400. The van der Waals surface area contributed by atoms with E-state index < -0.39 is 22.6 Å². The van der Waals surface area contributed by atoms with Crippen LogP contribution in [0.3, 0.4) is 0 Å². The lowest BCUT2D eigenvalue weighted by molar-refractivity contribution is 0.164. The maximum atomic E-state index is 13.1. The molecule has 2 heterocycles. The zero-order valence-electron chi connectivity index (χ0n) is 10.0. The molecule has 17 heavy (non-hydrogen) atoms. The van der Waals surface area contributed by atoms with Crippen LogP contribution in [-0.2, 0) is 11.1 Å². The van der Waals surface area contributed by atoms with Crippen LogP contribution in [0.1, 0.15) is 25.7 Å². The molecule has 2 fully saturated rings. The highest BCUT2D eigenvalue weighted by atomic mass is 32.2. The normalized spacial score (nSPS) is 31.5. The third kappa shape index (κ3) is 3.71. The topological polar surface area (TPSA) is 46.6 Å². The summed E-state index contributed by atoms with van der Waals surface area (Å²) in [6.45, 7) is 3.23. The van der Waals surface area contributed by atoms with Crippen LogP contribution in [-0.4, -0.2) is 62.8 Å². The van der Waals surface area contributed by atoms with E-state index in [9.17, 15) is 13.2 Å². The minimum Gasteiger partial charge on any atom is -0.771 e. The summed E-state index contributed by atoms with van der Waals surface area (Å²) in [4.78, 5) is 3.96. The molecule has 2 unspecified atom stereocenters. The molecule has 0 aromatic heterocycles. The van der Waals surface area contributed by atoms with Gasteiger partial charge < -0.3 is 4.55 Å². The van der Waals surface area contributed by atoms with Gasteiger partial charge in [0.15, 0.2) is 0 Å². The van der Waals surface area contributed by atoms with Crippen LogP contribution in [0.4, 0.5) is 4.39 Å². The van der Waals surface area contributed by atoms with E-state index in [1.165, 1.54) is 6.42 Å². The molecule has 0 aliphatic carbocycles. The maximum Gasteiger partial charge on any atom is 0.114 e. The fraction of sp³-hybridized carbons (Fsp3) is 1.00. The highest BCUT2D eigenvalue weighted by Gasteiger charge is 2.28. The predicted molar refractivity (Wildman–Crippen MR) is 64.1 cm³/mol. The molecule has 100 valence electrons. The van der Waals surface area contributed by atoms with Crippen LogP contribution in [0, 0.1) is 0 Å². The van der Waals surface area contributed by atoms with Gasteiger partial charge in [0.1, 0.15) is 6.17 Å². The van der Waals surface area contributed by atoms with Gasteiger partial charge in [0.2, 0.25) is 0 Å². The molecule has 0 N–H and O–H groups in total. The summed E-state index contributed by atoms with van der Waals surface area (Å²) in [5.41, 5.74) is 0. The quantitative estimate of drug-likeness (QED) is 0.701. The van der Waals surface area contributed by atoms with Crippen LogP contribution in [0.5, 0.6) is 0 Å². The largest absolute Gasteiger partial charge is 0.771 e. The number of likely N-dealkylation sites (tertiary alicyclic amines) is 2. The zero-order chi connectivity index (χ0) is 12.3. The monoisotopic (exact) mass is 263 g/mol. The first-order valence-electron chi connectivity index (χ1n) is 6.35. The van der Waals surface area contributed by atoms with Gasteiger partial charge >= 0.3 is 0 Å². The SMILES string of the molecule is O=S([O-])C(CN1CC[C@H](F)C1)N1CCCCC1. The second-order valence-corrected chi connectivity index (χ2v) is 6.02. The van der Waals surface area contributed by atoms with Crippen LogP contribution >= 0.6 is 0 Å². The van der Waals surface area contributed by atoms with Gasteiger partial charge in [-0.3, -0.25) is 14.0 Å². The first-order valence-corrected chi connectivity index (χ1v) is 7.49. The second kappa shape index (κ2) is 6.22. The fourth-order valence-electron chi connectivity index (χ4n) is 2.68. The fourth-order valence-corrected chi connectivity index (χ4v) is 3.46. The van der Waals surface area contributed by atoms with Crippen molar-refractivity contribution >= 4 is 11.1 Å². The highest BCUT2D eigenvalue weighted by Crippen LogP contribution is 2.18. The minimum absolute atomic E-state index is 0.390. The van der Waals surface area contributed by atoms with Crippen molar-refractivity contribution in [3.63, 3.8) is 0 Å². The van der Waals surface area contributed by atoms with Gasteiger partial charge in [-0.15, -0.1) is 0 Å². The van der Waals surface area contributed by atoms with E-state index in [4.69, 9.17) is 0 Å². The molecule has 6 heteroatoms. The van der Waals surface area contributed by atoms with Gasteiger partial charge in [-0.2, -0.15) is 0 Å². The van der Waals surface area contributed by atoms with Crippen molar-refractivity contribution in [1.82, 2.24) is 9.80 Å². The summed E-state index contributed by atoms with van der Waals surface area (Å²) in [5, 5.41) is -0.458. The van der Waals surface area contributed by atoms with Gasteiger partial charge in [0.25, 0.3) is 0 Å². The first-order chi connectivity index (χ1) is 8.16. The van der Waals surface area contributed by atoms with Crippen LogP contribution < -0.4 is 0 Å². The molecular formula is C11H20FN2O2S-. The Kier molecular flexibility index (Phi) is 4.90.